The molecule has 0 N–H and O–H groups in total. The summed E-state index contributed by atoms with van der Waals surface area (Å²) >= 11 is 0. The summed E-state index contributed by atoms with van der Waals surface area (Å²) in [6.07, 6.45) is 5.59. The second-order valence-electron chi connectivity index (χ2n) is 4.20. The third-order valence-corrected chi connectivity index (χ3v) is 3.57. The van der Waals surface area contributed by atoms with E-state index in [4.69, 9.17) is 4.84 Å². The van der Waals surface area contributed by atoms with Crippen molar-refractivity contribution in [3.8, 4) is 0 Å². The Morgan fingerprint density at radius 2 is 2.25 bits per heavy atom. The van der Waals surface area contributed by atoms with Crippen molar-refractivity contribution in [1.82, 2.24) is 4.90 Å². The molecule has 2 bridgehead atoms. The van der Waals surface area contributed by atoms with Crippen LogP contribution < -0.4 is 0 Å². The van der Waals surface area contributed by atoms with Gasteiger partial charge in [0.25, 0.3) is 0 Å². The smallest absolute Gasteiger partial charge is 0.158 e. The van der Waals surface area contributed by atoms with Gasteiger partial charge >= 0.3 is 0 Å². The lowest BCUT2D eigenvalue weighted by atomic mass is 9.74. The Kier molecular flexibility index (Phi) is 1.28. The highest BCUT2D eigenvalue weighted by Crippen LogP contribution is 2.41. The van der Waals surface area contributed by atoms with Crippen molar-refractivity contribution in [1.29, 1.82) is 0 Å². The van der Waals surface area contributed by atoms with Gasteiger partial charge in [-0.2, -0.15) is 0 Å². The van der Waals surface area contributed by atoms with Gasteiger partial charge in [-0.15, -0.1) is 0 Å². The molecule has 3 nitrogen and oxygen atoms in total. The minimum atomic E-state index is 0.0938. The van der Waals surface area contributed by atoms with E-state index in [1.165, 1.54) is 25.9 Å². The fraction of sp³-hybridized carbons (Fsp3) is 0.889. The normalized spacial score (nSPS) is 50.0. The van der Waals surface area contributed by atoms with E-state index in [1.807, 2.05) is 6.21 Å². The van der Waals surface area contributed by atoms with Crippen LogP contribution in [0.5, 0.6) is 0 Å². The SMILES string of the molecule is C1=NOC2(C1)CN1CCC2CC1. The first-order valence-electron chi connectivity index (χ1n) is 4.81. The van der Waals surface area contributed by atoms with Gasteiger partial charge in [-0.1, -0.05) is 5.16 Å². The topological polar surface area (TPSA) is 24.8 Å². The zero-order valence-corrected chi connectivity index (χ0v) is 7.20. The van der Waals surface area contributed by atoms with Crippen molar-refractivity contribution in [2.75, 3.05) is 19.6 Å². The quantitative estimate of drug-likeness (QED) is 0.533. The summed E-state index contributed by atoms with van der Waals surface area (Å²) in [5.41, 5.74) is 0.0938. The van der Waals surface area contributed by atoms with Gasteiger partial charge in [-0.25, -0.2) is 0 Å². The minimum Gasteiger partial charge on any atom is -0.387 e. The van der Waals surface area contributed by atoms with Gasteiger partial charge in [0.1, 0.15) is 0 Å². The van der Waals surface area contributed by atoms with Crippen molar-refractivity contribution in [2.24, 2.45) is 11.1 Å². The van der Waals surface area contributed by atoms with Gasteiger partial charge in [0.15, 0.2) is 5.60 Å². The Labute approximate surface area is 72.4 Å². The number of nitrogens with zero attached hydrogens (tertiary/aromatic N) is 2. The molecule has 0 saturated carbocycles. The van der Waals surface area contributed by atoms with Crippen molar-refractivity contribution in [2.45, 2.75) is 24.9 Å². The first-order valence-corrected chi connectivity index (χ1v) is 4.81. The van der Waals surface area contributed by atoms with Gasteiger partial charge in [0.2, 0.25) is 0 Å². The third kappa shape index (κ3) is 0.774. The molecule has 12 heavy (non-hydrogen) atoms. The molecule has 0 aromatic rings. The van der Waals surface area contributed by atoms with E-state index in [1.54, 1.807) is 0 Å². The molecule has 1 unspecified atom stereocenters. The van der Waals surface area contributed by atoms with E-state index in [0.717, 1.165) is 18.9 Å². The fourth-order valence-electron chi connectivity index (χ4n) is 2.83. The average Bonchev–Trinajstić information content (AvgIpc) is 2.55. The van der Waals surface area contributed by atoms with E-state index in [2.05, 4.69) is 10.1 Å². The molecule has 0 aromatic heterocycles. The molecule has 3 saturated heterocycles. The molecule has 0 radical (unpaired) electrons. The van der Waals surface area contributed by atoms with Gasteiger partial charge in [-0.05, 0) is 25.9 Å². The van der Waals surface area contributed by atoms with Gasteiger partial charge in [0.05, 0.1) is 0 Å². The second kappa shape index (κ2) is 2.22. The number of rotatable bonds is 0. The van der Waals surface area contributed by atoms with Gasteiger partial charge in [0, 0.05) is 25.1 Å². The van der Waals surface area contributed by atoms with Crippen LogP contribution in [0.1, 0.15) is 19.3 Å². The summed E-state index contributed by atoms with van der Waals surface area (Å²) in [6.45, 7) is 3.66. The summed E-state index contributed by atoms with van der Waals surface area (Å²) in [7, 11) is 0. The van der Waals surface area contributed by atoms with E-state index in [9.17, 15) is 0 Å². The molecule has 1 spiro atoms. The molecular formula is C9H14N2O. The molecule has 3 heteroatoms. The molecule has 4 aliphatic rings. The summed E-state index contributed by atoms with van der Waals surface area (Å²) < 4.78 is 0. The average molecular weight is 166 g/mol. The maximum absolute atomic E-state index is 5.54. The summed E-state index contributed by atoms with van der Waals surface area (Å²) in [6, 6.07) is 0. The Bertz CT molecular complexity index is 211. The minimum absolute atomic E-state index is 0.0938. The standard InChI is InChI=1S/C9H14N2O/c1-5-11-6-2-8(1)9(7-11)3-4-10-12-9/h4,8H,1-3,5-7H2. The largest absolute Gasteiger partial charge is 0.387 e. The Hall–Kier alpha value is -0.570. The predicted molar refractivity (Wildman–Crippen MR) is 46.1 cm³/mol. The first kappa shape index (κ1) is 6.89. The van der Waals surface area contributed by atoms with Gasteiger partial charge in [-0.3, -0.25) is 4.90 Å². The van der Waals surface area contributed by atoms with Crippen molar-refractivity contribution < 1.29 is 4.84 Å². The molecule has 4 aliphatic heterocycles. The predicted octanol–water partition coefficient (Wildman–Crippen LogP) is 0.857. The monoisotopic (exact) mass is 166 g/mol. The lowest BCUT2D eigenvalue weighted by Crippen LogP contribution is -2.58. The second-order valence-corrected chi connectivity index (χ2v) is 4.20. The van der Waals surface area contributed by atoms with E-state index in [-0.39, 0.29) is 5.60 Å². The maximum atomic E-state index is 5.54. The zero-order valence-electron chi connectivity index (χ0n) is 7.20. The molecule has 4 heterocycles. The highest BCUT2D eigenvalue weighted by atomic mass is 16.7. The molecule has 66 valence electrons. The number of hydrogen-bond acceptors (Lipinski definition) is 3. The fourth-order valence-corrected chi connectivity index (χ4v) is 2.83. The number of hydrogen-bond donors (Lipinski definition) is 0. The lowest BCUT2D eigenvalue weighted by molar-refractivity contribution is -0.136. The highest BCUT2D eigenvalue weighted by molar-refractivity contribution is 5.60. The lowest BCUT2D eigenvalue weighted by Gasteiger charge is -2.49. The Morgan fingerprint density at radius 3 is 2.75 bits per heavy atom. The molecule has 0 amide bonds. The summed E-state index contributed by atoms with van der Waals surface area (Å²) in [4.78, 5) is 8.05. The van der Waals surface area contributed by atoms with Crippen LogP contribution in [-0.2, 0) is 4.84 Å². The summed E-state index contributed by atoms with van der Waals surface area (Å²) in [5.74, 6) is 0.769. The van der Waals surface area contributed by atoms with Crippen LogP contribution in [-0.4, -0.2) is 36.3 Å². The van der Waals surface area contributed by atoms with E-state index >= 15 is 0 Å². The van der Waals surface area contributed by atoms with E-state index < -0.39 is 0 Å². The molecular weight excluding hydrogens is 152 g/mol. The van der Waals surface area contributed by atoms with Crippen LogP contribution in [0.4, 0.5) is 0 Å². The highest BCUT2D eigenvalue weighted by Gasteiger charge is 2.50. The van der Waals surface area contributed by atoms with Crippen molar-refractivity contribution >= 4 is 6.21 Å². The van der Waals surface area contributed by atoms with Crippen molar-refractivity contribution in [3.05, 3.63) is 0 Å². The molecule has 4 rings (SSSR count). The van der Waals surface area contributed by atoms with Crippen LogP contribution >= 0.6 is 0 Å². The Morgan fingerprint density at radius 1 is 1.42 bits per heavy atom. The molecule has 0 aromatic carbocycles. The summed E-state index contributed by atoms with van der Waals surface area (Å²) in [5, 5.41) is 3.93. The van der Waals surface area contributed by atoms with Crippen LogP contribution in [0.25, 0.3) is 0 Å². The van der Waals surface area contributed by atoms with Crippen LogP contribution in [0, 0.1) is 5.92 Å². The third-order valence-electron chi connectivity index (χ3n) is 3.57. The maximum Gasteiger partial charge on any atom is 0.158 e. The number of fused-ring (bicyclic) bond motifs is 2. The van der Waals surface area contributed by atoms with E-state index in [0.29, 0.717) is 0 Å². The number of piperidine rings is 3. The molecule has 1 atom stereocenters. The van der Waals surface area contributed by atoms with Crippen LogP contribution in [0.15, 0.2) is 5.16 Å². The Balaban J connectivity index is 1.87. The first-order chi connectivity index (χ1) is 5.89. The van der Waals surface area contributed by atoms with Crippen molar-refractivity contribution in [3.63, 3.8) is 0 Å². The van der Waals surface area contributed by atoms with Crippen LogP contribution in [0.3, 0.4) is 0 Å². The van der Waals surface area contributed by atoms with Crippen LogP contribution in [0.2, 0.25) is 0 Å². The zero-order chi connectivity index (χ0) is 8.02. The molecule has 0 aliphatic carbocycles. The molecule has 3 fully saturated rings. The van der Waals surface area contributed by atoms with Gasteiger partial charge < -0.3 is 4.84 Å². The number of oxime groups is 1.